The maximum Gasteiger partial charge on any atom is 0.191 e. The Kier molecular flexibility index (Phi) is 6.51. The van der Waals surface area contributed by atoms with Gasteiger partial charge >= 0.3 is 0 Å². The van der Waals surface area contributed by atoms with Crippen LogP contribution in [-0.4, -0.2) is 37.0 Å². The van der Waals surface area contributed by atoms with Gasteiger partial charge in [-0.15, -0.1) is 0 Å². The number of hydrogen-bond donors (Lipinski definition) is 2. The van der Waals surface area contributed by atoms with Gasteiger partial charge in [-0.05, 0) is 49.3 Å². The van der Waals surface area contributed by atoms with E-state index in [0.717, 1.165) is 37.8 Å². The van der Waals surface area contributed by atoms with E-state index in [4.69, 9.17) is 0 Å². The lowest BCUT2D eigenvalue weighted by Gasteiger charge is -2.30. The van der Waals surface area contributed by atoms with Crippen LogP contribution in [-0.2, 0) is 13.1 Å². The molecule has 0 spiro atoms. The van der Waals surface area contributed by atoms with Crippen LogP contribution in [0.5, 0.6) is 0 Å². The largest absolute Gasteiger partial charge is 0.353 e. The fourth-order valence-corrected chi connectivity index (χ4v) is 3.76. The zero-order valence-electron chi connectivity index (χ0n) is 15.7. The van der Waals surface area contributed by atoms with E-state index in [9.17, 15) is 0 Å². The van der Waals surface area contributed by atoms with Crippen LogP contribution in [0.1, 0.15) is 43.7 Å². The Morgan fingerprint density at radius 3 is 2.56 bits per heavy atom. The molecule has 1 heterocycles. The summed E-state index contributed by atoms with van der Waals surface area (Å²) in [5, 5.41) is 6.90. The summed E-state index contributed by atoms with van der Waals surface area (Å²) >= 11 is 0. The van der Waals surface area contributed by atoms with Crippen LogP contribution in [0.2, 0.25) is 0 Å². The predicted octanol–water partition coefficient (Wildman–Crippen LogP) is 3.30. The second-order valence-electron chi connectivity index (χ2n) is 7.51. The third kappa shape index (κ3) is 5.60. The molecule has 1 atom stereocenters. The molecule has 1 unspecified atom stereocenters. The molecule has 0 radical (unpaired) electrons. The molecule has 0 amide bonds. The highest BCUT2D eigenvalue weighted by Crippen LogP contribution is 2.18. The molecule has 1 aromatic rings. The topological polar surface area (TPSA) is 39.7 Å². The average molecular weight is 341 g/mol. The van der Waals surface area contributed by atoms with E-state index in [0.29, 0.717) is 6.04 Å². The zero-order valence-corrected chi connectivity index (χ0v) is 15.7. The lowest BCUT2D eigenvalue weighted by atomic mass is 9.99. The van der Waals surface area contributed by atoms with Crippen LogP contribution in [0, 0.1) is 5.92 Å². The molecule has 4 nitrogen and oxygen atoms in total. The van der Waals surface area contributed by atoms with Gasteiger partial charge in [0.15, 0.2) is 5.96 Å². The molecule has 0 bridgehead atoms. The van der Waals surface area contributed by atoms with Crippen LogP contribution in [0.4, 0.5) is 0 Å². The van der Waals surface area contributed by atoms with Crippen molar-refractivity contribution in [1.29, 1.82) is 0 Å². The number of guanidine groups is 1. The van der Waals surface area contributed by atoms with Gasteiger partial charge in [-0.3, -0.25) is 9.89 Å². The number of likely N-dealkylation sites (tertiary alicyclic amines) is 1. The van der Waals surface area contributed by atoms with E-state index in [2.05, 4.69) is 63.9 Å². The Morgan fingerprint density at radius 2 is 1.88 bits per heavy atom. The van der Waals surface area contributed by atoms with Crippen molar-refractivity contribution in [2.45, 2.75) is 51.7 Å². The SMILES string of the molecule is CN=C(NCc1ccc(CN2CCCC(C)C2)cc1)NC1CC=CC1. The molecule has 25 heavy (non-hydrogen) atoms. The van der Waals surface area contributed by atoms with Crippen LogP contribution >= 0.6 is 0 Å². The van der Waals surface area contributed by atoms with Crippen molar-refractivity contribution in [3.63, 3.8) is 0 Å². The molecule has 4 heteroatoms. The molecule has 1 aliphatic carbocycles. The Balaban J connectivity index is 1.45. The van der Waals surface area contributed by atoms with Crippen LogP contribution in [0.3, 0.4) is 0 Å². The van der Waals surface area contributed by atoms with Gasteiger partial charge in [0, 0.05) is 32.7 Å². The monoisotopic (exact) mass is 340 g/mol. The molecular weight excluding hydrogens is 308 g/mol. The minimum absolute atomic E-state index is 0.487. The van der Waals surface area contributed by atoms with E-state index in [1.165, 1.54) is 37.1 Å². The average Bonchev–Trinajstić information content (AvgIpc) is 3.13. The number of nitrogens with one attached hydrogen (secondary N) is 2. The maximum absolute atomic E-state index is 4.33. The lowest BCUT2D eigenvalue weighted by molar-refractivity contribution is 0.176. The second kappa shape index (κ2) is 9.04. The van der Waals surface area contributed by atoms with E-state index < -0.39 is 0 Å². The summed E-state index contributed by atoms with van der Waals surface area (Å²) in [5.41, 5.74) is 2.71. The molecule has 1 aromatic carbocycles. The Labute approximate surface area is 152 Å². The summed E-state index contributed by atoms with van der Waals surface area (Å²) in [7, 11) is 1.83. The smallest absolute Gasteiger partial charge is 0.191 e. The standard InChI is InChI=1S/C21H32N4/c1-17-6-5-13-25(15-17)16-19-11-9-18(10-12-19)14-23-21(22-2)24-20-7-3-4-8-20/h3-4,9-12,17,20H,5-8,13-16H2,1-2H3,(H2,22,23,24). The van der Waals surface area contributed by atoms with Crippen molar-refractivity contribution in [2.75, 3.05) is 20.1 Å². The second-order valence-corrected chi connectivity index (χ2v) is 7.51. The van der Waals surface area contributed by atoms with E-state index in [1.807, 2.05) is 7.05 Å². The molecule has 0 aromatic heterocycles. The Hall–Kier alpha value is -1.81. The first kappa shape index (κ1) is 18.0. The van der Waals surface area contributed by atoms with Crippen LogP contribution in [0.15, 0.2) is 41.4 Å². The van der Waals surface area contributed by atoms with Gasteiger partial charge in [0.2, 0.25) is 0 Å². The molecular formula is C21H32N4. The predicted molar refractivity (Wildman–Crippen MR) is 106 cm³/mol. The molecule has 2 aliphatic rings. The van der Waals surface area contributed by atoms with E-state index in [-0.39, 0.29) is 0 Å². The Bertz CT molecular complexity index is 582. The van der Waals surface area contributed by atoms with Gasteiger partial charge < -0.3 is 10.6 Å². The Morgan fingerprint density at radius 1 is 1.16 bits per heavy atom. The molecule has 1 fully saturated rings. The zero-order chi connectivity index (χ0) is 17.5. The lowest BCUT2D eigenvalue weighted by Crippen LogP contribution is -2.42. The van der Waals surface area contributed by atoms with E-state index >= 15 is 0 Å². The summed E-state index contributed by atoms with van der Waals surface area (Å²) in [6, 6.07) is 9.50. The van der Waals surface area contributed by atoms with Gasteiger partial charge in [-0.1, -0.05) is 43.3 Å². The first-order valence-electron chi connectivity index (χ1n) is 9.65. The number of nitrogens with zero attached hydrogens (tertiary/aromatic N) is 2. The van der Waals surface area contributed by atoms with Gasteiger partial charge in [-0.2, -0.15) is 0 Å². The van der Waals surface area contributed by atoms with Crippen molar-refractivity contribution >= 4 is 5.96 Å². The van der Waals surface area contributed by atoms with Gasteiger partial charge in [0.05, 0.1) is 0 Å². The minimum Gasteiger partial charge on any atom is -0.353 e. The molecule has 0 saturated carbocycles. The van der Waals surface area contributed by atoms with Crippen molar-refractivity contribution in [3.8, 4) is 0 Å². The third-order valence-electron chi connectivity index (χ3n) is 5.20. The van der Waals surface area contributed by atoms with Crippen molar-refractivity contribution in [3.05, 3.63) is 47.5 Å². The number of rotatable bonds is 5. The number of aliphatic imine (C=N–C) groups is 1. The number of hydrogen-bond acceptors (Lipinski definition) is 2. The first-order valence-corrected chi connectivity index (χ1v) is 9.65. The highest BCUT2D eigenvalue weighted by atomic mass is 15.2. The third-order valence-corrected chi connectivity index (χ3v) is 5.20. The number of piperidine rings is 1. The molecule has 1 saturated heterocycles. The van der Waals surface area contributed by atoms with Gasteiger partial charge in [0.25, 0.3) is 0 Å². The summed E-state index contributed by atoms with van der Waals surface area (Å²) in [4.78, 5) is 6.91. The van der Waals surface area contributed by atoms with Gasteiger partial charge in [0.1, 0.15) is 0 Å². The van der Waals surface area contributed by atoms with Crippen molar-refractivity contribution in [2.24, 2.45) is 10.9 Å². The van der Waals surface area contributed by atoms with E-state index in [1.54, 1.807) is 0 Å². The fourth-order valence-electron chi connectivity index (χ4n) is 3.76. The highest BCUT2D eigenvalue weighted by molar-refractivity contribution is 5.80. The van der Waals surface area contributed by atoms with Crippen LogP contribution < -0.4 is 10.6 Å². The molecule has 3 rings (SSSR count). The quantitative estimate of drug-likeness (QED) is 0.491. The summed E-state index contributed by atoms with van der Waals surface area (Å²) in [6.07, 6.45) is 9.35. The molecule has 2 N–H and O–H groups in total. The molecule has 1 aliphatic heterocycles. The summed E-state index contributed by atoms with van der Waals surface area (Å²) in [6.45, 7) is 6.73. The maximum atomic E-state index is 4.33. The van der Waals surface area contributed by atoms with Gasteiger partial charge in [-0.25, -0.2) is 0 Å². The first-order chi connectivity index (χ1) is 12.2. The number of benzene rings is 1. The normalized spacial score (nSPS) is 22.3. The van der Waals surface area contributed by atoms with Crippen molar-refractivity contribution in [1.82, 2.24) is 15.5 Å². The summed E-state index contributed by atoms with van der Waals surface area (Å²) < 4.78 is 0. The highest BCUT2D eigenvalue weighted by Gasteiger charge is 2.16. The van der Waals surface area contributed by atoms with Crippen molar-refractivity contribution < 1.29 is 0 Å². The fraction of sp³-hybridized carbons (Fsp3) is 0.571. The summed E-state index contributed by atoms with van der Waals surface area (Å²) in [5.74, 6) is 1.73. The molecule has 136 valence electrons. The minimum atomic E-state index is 0.487. The van der Waals surface area contributed by atoms with Crippen LogP contribution in [0.25, 0.3) is 0 Å².